The van der Waals surface area contributed by atoms with Crippen LogP contribution in [0, 0.1) is 0 Å². The second-order valence-electron chi connectivity index (χ2n) is 5.75. The number of amides is 3. The van der Waals surface area contributed by atoms with Crippen molar-refractivity contribution in [2.75, 3.05) is 13.1 Å². The summed E-state index contributed by atoms with van der Waals surface area (Å²) in [6, 6.07) is 5.41. The number of hydrogen-bond donors (Lipinski definition) is 2. The molecule has 0 bridgehead atoms. The minimum Gasteiger partial charge on any atom is -0.467 e. The van der Waals surface area contributed by atoms with Crippen molar-refractivity contribution >= 4 is 23.3 Å². The highest BCUT2D eigenvalue weighted by Gasteiger charge is 2.28. The minimum atomic E-state index is -0.502. The zero-order chi connectivity index (χ0) is 16.9. The van der Waals surface area contributed by atoms with Gasteiger partial charge in [0.1, 0.15) is 5.76 Å². The van der Waals surface area contributed by atoms with Gasteiger partial charge in [-0.15, -0.1) is 11.3 Å². The molecule has 3 rings (SSSR count). The number of nitrogens with one attached hydrogen (secondary N) is 2. The first-order valence-corrected chi connectivity index (χ1v) is 8.95. The Morgan fingerprint density at radius 3 is 3.04 bits per heavy atom. The molecule has 0 spiro atoms. The highest BCUT2D eigenvalue weighted by Crippen LogP contribution is 2.34. The largest absolute Gasteiger partial charge is 0.467 e. The third kappa shape index (κ3) is 3.85. The molecule has 0 fully saturated rings. The fraction of sp³-hybridized carbons (Fsp3) is 0.412. The summed E-state index contributed by atoms with van der Waals surface area (Å²) in [7, 11) is 0. The number of thiophene rings is 1. The van der Waals surface area contributed by atoms with Crippen LogP contribution < -0.4 is 10.6 Å². The van der Waals surface area contributed by atoms with E-state index >= 15 is 0 Å². The van der Waals surface area contributed by atoms with Crippen molar-refractivity contribution in [1.82, 2.24) is 15.5 Å². The molecular weight excluding hydrogens is 326 g/mol. The number of carbonyl (C=O) groups excluding carboxylic acids is 2. The summed E-state index contributed by atoms with van der Waals surface area (Å²) < 4.78 is 5.13. The van der Waals surface area contributed by atoms with Crippen molar-refractivity contribution in [3.05, 3.63) is 46.0 Å². The fourth-order valence-electron chi connectivity index (χ4n) is 3.09. The van der Waals surface area contributed by atoms with Crippen molar-refractivity contribution in [1.29, 1.82) is 0 Å². The quantitative estimate of drug-likeness (QED) is 0.872. The third-order valence-electron chi connectivity index (χ3n) is 4.20. The first-order valence-electron chi connectivity index (χ1n) is 8.07. The van der Waals surface area contributed by atoms with Gasteiger partial charge >= 0.3 is 6.03 Å². The second-order valence-corrected chi connectivity index (χ2v) is 6.75. The molecule has 0 radical (unpaired) electrons. The van der Waals surface area contributed by atoms with Gasteiger partial charge in [0, 0.05) is 17.5 Å². The maximum atomic E-state index is 12.2. The van der Waals surface area contributed by atoms with Gasteiger partial charge in [-0.25, -0.2) is 4.79 Å². The molecule has 1 unspecified atom stereocenters. The molecule has 0 saturated carbocycles. The maximum Gasteiger partial charge on any atom is 0.321 e. The van der Waals surface area contributed by atoms with Gasteiger partial charge in [-0.1, -0.05) is 6.92 Å². The predicted molar refractivity (Wildman–Crippen MR) is 91.7 cm³/mol. The lowest BCUT2D eigenvalue weighted by atomic mass is 9.98. The van der Waals surface area contributed by atoms with E-state index in [1.165, 1.54) is 10.4 Å². The number of urea groups is 1. The van der Waals surface area contributed by atoms with Gasteiger partial charge in [-0.2, -0.15) is 0 Å². The highest BCUT2D eigenvalue weighted by atomic mass is 32.1. The van der Waals surface area contributed by atoms with E-state index in [0.29, 0.717) is 5.76 Å². The van der Waals surface area contributed by atoms with Gasteiger partial charge in [-0.05, 0) is 42.0 Å². The zero-order valence-electron chi connectivity index (χ0n) is 13.6. The molecule has 0 aromatic carbocycles. The Morgan fingerprint density at radius 1 is 1.42 bits per heavy atom. The number of carbonyl (C=O) groups is 2. The first-order chi connectivity index (χ1) is 11.7. The molecule has 1 atom stereocenters. The monoisotopic (exact) mass is 347 g/mol. The van der Waals surface area contributed by atoms with Crippen LogP contribution in [0.25, 0.3) is 0 Å². The molecule has 3 amide bonds. The number of furan rings is 1. The topological polar surface area (TPSA) is 74.6 Å². The summed E-state index contributed by atoms with van der Waals surface area (Å²) in [4.78, 5) is 27.5. The molecule has 1 aliphatic rings. The number of fused-ring (bicyclic) bond motifs is 1. The molecule has 0 aliphatic carbocycles. The Kier molecular flexibility index (Phi) is 5.32. The summed E-state index contributed by atoms with van der Waals surface area (Å²) in [5, 5.41) is 7.10. The van der Waals surface area contributed by atoms with Crippen molar-refractivity contribution < 1.29 is 14.0 Å². The lowest BCUT2D eigenvalue weighted by molar-refractivity contribution is -0.121. The van der Waals surface area contributed by atoms with E-state index in [0.717, 1.165) is 19.4 Å². The minimum absolute atomic E-state index is 0.224. The fourth-order valence-corrected chi connectivity index (χ4v) is 4.02. The van der Waals surface area contributed by atoms with Gasteiger partial charge in [0.2, 0.25) is 5.91 Å². The van der Waals surface area contributed by atoms with Gasteiger partial charge < -0.3 is 9.73 Å². The van der Waals surface area contributed by atoms with Crippen LogP contribution in [0.15, 0.2) is 34.3 Å². The van der Waals surface area contributed by atoms with E-state index in [1.807, 2.05) is 0 Å². The Labute approximate surface area is 144 Å². The Bertz CT molecular complexity index is 696. The van der Waals surface area contributed by atoms with E-state index in [1.54, 1.807) is 29.7 Å². The predicted octanol–water partition coefficient (Wildman–Crippen LogP) is 2.68. The number of imide groups is 1. The Balaban J connectivity index is 1.50. The molecule has 7 heteroatoms. The van der Waals surface area contributed by atoms with Crippen molar-refractivity contribution in [2.24, 2.45) is 0 Å². The maximum absolute atomic E-state index is 12.2. The molecule has 24 heavy (non-hydrogen) atoms. The lowest BCUT2D eigenvalue weighted by Crippen LogP contribution is -2.46. The first kappa shape index (κ1) is 16.7. The summed E-state index contributed by atoms with van der Waals surface area (Å²) >= 11 is 1.78. The van der Waals surface area contributed by atoms with E-state index in [9.17, 15) is 9.59 Å². The standard InChI is InChI=1S/C17H21N3O3S/c1-2-14-13-6-9-24-15(13)5-7-20(14)11-16(21)19-17(22)18-10-12-4-3-8-23-12/h3-4,6,8-9,14H,2,5,7,10-11H2,1H3,(H2,18,19,21,22). The Morgan fingerprint density at radius 2 is 2.29 bits per heavy atom. The lowest BCUT2D eigenvalue weighted by Gasteiger charge is -2.34. The number of nitrogens with zero attached hydrogens (tertiary/aromatic N) is 1. The summed E-state index contributed by atoms with van der Waals surface area (Å²) in [6.07, 6.45) is 3.45. The van der Waals surface area contributed by atoms with Crippen molar-refractivity contribution in [3.8, 4) is 0 Å². The molecule has 3 heterocycles. The molecule has 2 aromatic heterocycles. The van der Waals surface area contributed by atoms with Crippen LogP contribution in [-0.2, 0) is 17.8 Å². The summed E-state index contributed by atoms with van der Waals surface area (Å²) in [5.74, 6) is 0.355. The molecule has 2 N–H and O–H groups in total. The molecule has 2 aromatic rings. The van der Waals surface area contributed by atoms with Crippen LogP contribution >= 0.6 is 11.3 Å². The average Bonchev–Trinajstić information content (AvgIpc) is 3.24. The smallest absolute Gasteiger partial charge is 0.321 e. The summed E-state index contributed by atoms with van der Waals surface area (Å²) in [6.45, 7) is 3.44. The van der Waals surface area contributed by atoms with Crippen LogP contribution in [0.1, 0.15) is 35.6 Å². The highest BCUT2D eigenvalue weighted by molar-refractivity contribution is 7.10. The van der Waals surface area contributed by atoms with Gasteiger partial charge in [0.05, 0.1) is 19.4 Å². The van der Waals surface area contributed by atoms with E-state index in [4.69, 9.17) is 4.42 Å². The van der Waals surface area contributed by atoms with E-state index in [-0.39, 0.29) is 25.0 Å². The molecule has 1 aliphatic heterocycles. The third-order valence-corrected chi connectivity index (χ3v) is 5.19. The Hall–Kier alpha value is -2.12. The van der Waals surface area contributed by atoms with Crippen LogP contribution in [-0.4, -0.2) is 29.9 Å². The number of hydrogen-bond acceptors (Lipinski definition) is 5. The average molecular weight is 347 g/mol. The normalized spacial score (nSPS) is 17.3. The van der Waals surface area contributed by atoms with Crippen LogP contribution in [0.3, 0.4) is 0 Å². The second kappa shape index (κ2) is 7.63. The van der Waals surface area contributed by atoms with Crippen molar-refractivity contribution in [2.45, 2.75) is 32.4 Å². The van der Waals surface area contributed by atoms with Crippen LogP contribution in [0.5, 0.6) is 0 Å². The van der Waals surface area contributed by atoms with E-state index in [2.05, 4.69) is 33.9 Å². The van der Waals surface area contributed by atoms with E-state index < -0.39 is 6.03 Å². The SMILES string of the molecule is CCC1c2ccsc2CCN1CC(=O)NC(=O)NCc1ccco1. The molecule has 6 nitrogen and oxygen atoms in total. The van der Waals surface area contributed by atoms with Gasteiger partial charge in [-0.3, -0.25) is 15.0 Å². The molecular formula is C17H21N3O3S. The molecule has 128 valence electrons. The van der Waals surface area contributed by atoms with Crippen LogP contribution in [0.2, 0.25) is 0 Å². The summed E-state index contributed by atoms with van der Waals surface area (Å²) in [5.41, 5.74) is 1.32. The van der Waals surface area contributed by atoms with Gasteiger partial charge in [0.25, 0.3) is 0 Å². The molecule has 0 saturated heterocycles. The van der Waals surface area contributed by atoms with Crippen LogP contribution in [0.4, 0.5) is 4.79 Å². The zero-order valence-corrected chi connectivity index (χ0v) is 14.4. The van der Waals surface area contributed by atoms with Gasteiger partial charge in [0.15, 0.2) is 0 Å². The van der Waals surface area contributed by atoms with Crippen molar-refractivity contribution in [3.63, 3.8) is 0 Å². The number of rotatable bonds is 5.